The molecule has 0 N–H and O–H groups in total. The topological polar surface area (TPSA) is 44.8 Å². The van der Waals surface area contributed by atoms with Crippen molar-refractivity contribution in [2.75, 3.05) is 19.8 Å². The lowest BCUT2D eigenvalue weighted by molar-refractivity contribution is -0.143. The Morgan fingerprint density at radius 1 is 1.00 bits per heavy atom. The number of carbonyl (C=O) groups is 1. The zero-order chi connectivity index (χ0) is 14.5. The molecule has 116 valence electrons. The second-order valence-corrected chi connectivity index (χ2v) is 5.79. The van der Waals surface area contributed by atoms with Crippen LogP contribution in [0.4, 0.5) is 0 Å². The lowest BCUT2D eigenvalue weighted by Crippen LogP contribution is -2.16. The predicted octanol–water partition coefficient (Wildman–Crippen LogP) is 2.80. The van der Waals surface area contributed by atoms with Gasteiger partial charge in [0.15, 0.2) is 0 Å². The number of esters is 1. The van der Waals surface area contributed by atoms with Gasteiger partial charge in [0.2, 0.25) is 0 Å². The van der Waals surface area contributed by atoms with Gasteiger partial charge in [-0.15, -0.1) is 0 Å². The molecule has 0 bridgehead atoms. The quantitative estimate of drug-likeness (QED) is 0.579. The van der Waals surface area contributed by atoms with Crippen LogP contribution < -0.4 is 0 Å². The third-order valence-corrected chi connectivity index (χ3v) is 4.41. The van der Waals surface area contributed by atoms with Crippen molar-refractivity contribution in [2.45, 2.75) is 58.7 Å². The van der Waals surface area contributed by atoms with E-state index in [0.29, 0.717) is 43.0 Å². The molecule has 2 aliphatic rings. The van der Waals surface area contributed by atoms with Crippen LogP contribution in [0.1, 0.15) is 46.5 Å². The molecule has 4 nitrogen and oxygen atoms in total. The molecule has 4 heteroatoms. The van der Waals surface area contributed by atoms with Gasteiger partial charge in [0.05, 0.1) is 18.8 Å². The summed E-state index contributed by atoms with van der Waals surface area (Å²) in [5, 5.41) is 0. The molecule has 0 spiro atoms. The maximum absolute atomic E-state index is 11.6. The molecule has 0 amide bonds. The molecule has 0 saturated heterocycles. The standard InChI is InChI=1S/C16H28O4/c1-4-18-14-9-12(14)11(7-8-16(17)20-6-3)13-10-15(13)19-5-2/h11-15H,4-10H2,1-3H3. The van der Waals surface area contributed by atoms with Gasteiger partial charge in [-0.3, -0.25) is 4.79 Å². The molecule has 0 radical (unpaired) electrons. The first-order valence-corrected chi connectivity index (χ1v) is 8.10. The molecule has 0 aliphatic heterocycles. The van der Waals surface area contributed by atoms with E-state index in [2.05, 4.69) is 0 Å². The highest BCUT2D eigenvalue weighted by molar-refractivity contribution is 5.69. The van der Waals surface area contributed by atoms with E-state index < -0.39 is 0 Å². The molecule has 4 atom stereocenters. The maximum atomic E-state index is 11.6. The number of hydrogen-bond acceptors (Lipinski definition) is 4. The summed E-state index contributed by atoms with van der Waals surface area (Å²) in [5.74, 6) is 1.74. The van der Waals surface area contributed by atoms with Crippen LogP contribution in [0.5, 0.6) is 0 Å². The smallest absolute Gasteiger partial charge is 0.305 e. The van der Waals surface area contributed by atoms with Gasteiger partial charge in [0.25, 0.3) is 0 Å². The Morgan fingerprint density at radius 3 is 2.00 bits per heavy atom. The fraction of sp³-hybridized carbons (Fsp3) is 0.938. The Morgan fingerprint density at radius 2 is 1.55 bits per heavy atom. The molecule has 0 aromatic heterocycles. The minimum Gasteiger partial charge on any atom is -0.466 e. The summed E-state index contributed by atoms with van der Waals surface area (Å²) >= 11 is 0. The fourth-order valence-corrected chi connectivity index (χ4v) is 3.36. The number of rotatable bonds is 10. The van der Waals surface area contributed by atoms with E-state index in [-0.39, 0.29) is 5.97 Å². The molecule has 20 heavy (non-hydrogen) atoms. The lowest BCUT2D eigenvalue weighted by atomic mass is 9.92. The monoisotopic (exact) mass is 284 g/mol. The Bertz CT molecular complexity index is 298. The molecule has 2 rings (SSSR count). The zero-order valence-corrected chi connectivity index (χ0v) is 13.0. The highest BCUT2D eigenvalue weighted by Crippen LogP contribution is 2.53. The van der Waals surface area contributed by atoms with E-state index in [1.54, 1.807) is 0 Å². The highest BCUT2D eigenvalue weighted by Gasteiger charge is 2.53. The van der Waals surface area contributed by atoms with E-state index in [9.17, 15) is 4.79 Å². The summed E-state index contributed by atoms with van der Waals surface area (Å²) in [7, 11) is 0. The predicted molar refractivity (Wildman–Crippen MR) is 76.4 cm³/mol. The van der Waals surface area contributed by atoms with E-state index in [1.165, 1.54) is 0 Å². The van der Waals surface area contributed by atoms with Gasteiger partial charge in [-0.1, -0.05) is 0 Å². The molecule has 2 saturated carbocycles. The molecule has 0 heterocycles. The first-order valence-electron chi connectivity index (χ1n) is 8.10. The summed E-state index contributed by atoms with van der Waals surface area (Å²) < 4.78 is 16.5. The summed E-state index contributed by atoms with van der Waals surface area (Å²) in [5.41, 5.74) is 0. The van der Waals surface area contributed by atoms with Gasteiger partial charge in [-0.25, -0.2) is 0 Å². The van der Waals surface area contributed by atoms with Crippen LogP contribution >= 0.6 is 0 Å². The molecular weight excluding hydrogens is 256 g/mol. The van der Waals surface area contributed by atoms with Crippen LogP contribution in [0, 0.1) is 17.8 Å². The number of carbonyl (C=O) groups excluding carboxylic acids is 1. The van der Waals surface area contributed by atoms with E-state index >= 15 is 0 Å². The van der Waals surface area contributed by atoms with Gasteiger partial charge in [-0.2, -0.15) is 0 Å². The molecule has 0 aromatic carbocycles. The second kappa shape index (κ2) is 7.41. The molecular formula is C16H28O4. The van der Waals surface area contributed by atoms with E-state index in [0.717, 1.165) is 32.5 Å². The van der Waals surface area contributed by atoms with Crippen LogP contribution in [0.3, 0.4) is 0 Å². The number of ether oxygens (including phenoxy) is 3. The Balaban J connectivity index is 1.81. The van der Waals surface area contributed by atoms with Gasteiger partial charge >= 0.3 is 5.97 Å². The summed E-state index contributed by atoms with van der Waals surface area (Å²) in [6.45, 7) is 7.98. The summed E-state index contributed by atoms with van der Waals surface area (Å²) in [6.07, 6.45) is 4.57. The van der Waals surface area contributed by atoms with Gasteiger partial charge in [0.1, 0.15) is 0 Å². The third kappa shape index (κ3) is 4.19. The van der Waals surface area contributed by atoms with Crippen LogP contribution in [0.25, 0.3) is 0 Å². The van der Waals surface area contributed by atoms with Gasteiger partial charge in [0, 0.05) is 19.6 Å². The van der Waals surface area contributed by atoms with Crippen molar-refractivity contribution < 1.29 is 19.0 Å². The normalized spacial score (nSPS) is 32.8. The maximum Gasteiger partial charge on any atom is 0.305 e. The van der Waals surface area contributed by atoms with Crippen molar-refractivity contribution in [1.29, 1.82) is 0 Å². The van der Waals surface area contributed by atoms with Crippen molar-refractivity contribution in [3.05, 3.63) is 0 Å². The van der Waals surface area contributed by atoms with Crippen molar-refractivity contribution in [2.24, 2.45) is 17.8 Å². The Hall–Kier alpha value is -0.610. The average molecular weight is 284 g/mol. The van der Waals surface area contributed by atoms with Crippen LogP contribution in [0.2, 0.25) is 0 Å². The molecule has 4 unspecified atom stereocenters. The van der Waals surface area contributed by atoms with Crippen LogP contribution in [-0.2, 0) is 19.0 Å². The van der Waals surface area contributed by atoms with Gasteiger partial charge in [-0.05, 0) is 57.8 Å². The van der Waals surface area contributed by atoms with Crippen LogP contribution in [-0.4, -0.2) is 38.0 Å². The summed E-state index contributed by atoms with van der Waals surface area (Å²) in [6, 6.07) is 0. The first kappa shape index (κ1) is 15.8. The highest BCUT2D eigenvalue weighted by atomic mass is 16.5. The Kier molecular flexibility index (Phi) is 5.85. The molecule has 2 fully saturated rings. The van der Waals surface area contributed by atoms with E-state index in [1.807, 2.05) is 20.8 Å². The Labute approximate surface area is 122 Å². The van der Waals surface area contributed by atoms with Crippen molar-refractivity contribution in [3.63, 3.8) is 0 Å². The minimum absolute atomic E-state index is 0.0697. The van der Waals surface area contributed by atoms with Crippen LogP contribution in [0.15, 0.2) is 0 Å². The fourth-order valence-electron chi connectivity index (χ4n) is 3.36. The SMILES string of the molecule is CCOC(=O)CCC(C1CC1OCC)C1CC1OCC. The first-order chi connectivity index (χ1) is 9.71. The van der Waals surface area contributed by atoms with Gasteiger partial charge < -0.3 is 14.2 Å². The minimum atomic E-state index is -0.0697. The molecule has 2 aliphatic carbocycles. The van der Waals surface area contributed by atoms with Crippen molar-refractivity contribution >= 4 is 5.97 Å². The number of hydrogen-bond donors (Lipinski definition) is 0. The van der Waals surface area contributed by atoms with Crippen molar-refractivity contribution in [1.82, 2.24) is 0 Å². The summed E-state index contributed by atoms with van der Waals surface area (Å²) in [4.78, 5) is 11.6. The third-order valence-electron chi connectivity index (χ3n) is 4.41. The lowest BCUT2D eigenvalue weighted by Gasteiger charge is -2.16. The van der Waals surface area contributed by atoms with E-state index in [4.69, 9.17) is 14.2 Å². The molecule has 0 aromatic rings. The largest absolute Gasteiger partial charge is 0.466 e. The second-order valence-electron chi connectivity index (χ2n) is 5.79. The average Bonchev–Trinajstić information content (AvgIpc) is 3.30. The van der Waals surface area contributed by atoms with Crippen molar-refractivity contribution in [3.8, 4) is 0 Å². The zero-order valence-electron chi connectivity index (χ0n) is 13.0.